The summed E-state index contributed by atoms with van der Waals surface area (Å²) in [5.41, 5.74) is 2.33. The molecule has 1 aromatic heterocycles. The molecular formula is C29H32N2O5S. The van der Waals surface area contributed by atoms with Crippen molar-refractivity contribution in [2.75, 3.05) is 13.2 Å². The van der Waals surface area contributed by atoms with Gasteiger partial charge in [0.1, 0.15) is 11.5 Å². The van der Waals surface area contributed by atoms with Crippen LogP contribution in [0.2, 0.25) is 0 Å². The molecule has 0 aliphatic carbocycles. The second-order valence-corrected chi connectivity index (χ2v) is 9.96. The molecule has 3 aromatic rings. The number of hydrogen-bond acceptors (Lipinski definition) is 7. The van der Waals surface area contributed by atoms with Gasteiger partial charge in [-0.15, -0.1) is 0 Å². The number of carbonyl (C=O) groups excluding carboxylic acids is 1. The molecule has 0 fully saturated rings. The molecule has 0 amide bonds. The zero-order valence-corrected chi connectivity index (χ0v) is 22.6. The van der Waals surface area contributed by atoms with Gasteiger partial charge in [-0.3, -0.25) is 9.36 Å². The van der Waals surface area contributed by atoms with E-state index in [2.05, 4.69) is 11.9 Å². The van der Waals surface area contributed by atoms with E-state index in [1.807, 2.05) is 61.5 Å². The van der Waals surface area contributed by atoms with Gasteiger partial charge in [0.2, 0.25) is 0 Å². The van der Waals surface area contributed by atoms with Crippen LogP contribution in [0.25, 0.3) is 6.08 Å². The van der Waals surface area contributed by atoms with E-state index in [0.29, 0.717) is 33.8 Å². The summed E-state index contributed by atoms with van der Waals surface area (Å²) in [7, 11) is 0. The zero-order valence-electron chi connectivity index (χ0n) is 21.8. The number of ether oxygens (including phenoxy) is 3. The summed E-state index contributed by atoms with van der Waals surface area (Å²) in [5.74, 6) is 1.03. The van der Waals surface area contributed by atoms with E-state index in [0.717, 1.165) is 29.0 Å². The van der Waals surface area contributed by atoms with Gasteiger partial charge >= 0.3 is 5.97 Å². The summed E-state index contributed by atoms with van der Waals surface area (Å²) in [5, 5.41) is 0. The van der Waals surface area contributed by atoms with Crippen LogP contribution >= 0.6 is 11.3 Å². The summed E-state index contributed by atoms with van der Waals surface area (Å²) in [4.78, 5) is 32.1. The van der Waals surface area contributed by atoms with Crippen molar-refractivity contribution in [3.05, 3.63) is 90.6 Å². The Hall–Kier alpha value is -3.65. The van der Waals surface area contributed by atoms with Crippen molar-refractivity contribution in [1.82, 2.24) is 4.57 Å². The predicted molar refractivity (Wildman–Crippen MR) is 145 cm³/mol. The Bertz CT molecular complexity index is 1460. The van der Waals surface area contributed by atoms with Gasteiger partial charge in [-0.05, 0) is 75.6 Å². The molecule has 0 bridgehead atoms. The third kappa shape index (κ3) is 5.85. The number of hydrogen-bond donors (Lipinski definition) is 0. The van der Waals surface area contributed by atoms with Crippen LogP contribution in [0.4, 0.5) is 0 Å². The van der Waals surface area contributed by atoms with Crippen molar-refractivity contribution < 1.29 is 19.0 Å². The molecule has 8 heteroatoms. The minimum absolute atomic E-state index is 0.212. The first-order valence-corrected chi connectivity index (χ1v) is 13.3. The summed E-state index contributed by atoms with van der Waals surface area (Å²) >= 11 is 1.30. The molecule has 0 radical (unpaired) electrons. The van der Waals surface area contributed by atoms with Crippen molar-refractivity contribution in [3.8, 4) is 11.5 Å². The second-order valence-electron chi connectivity index (χ2n) is 8.96. The Morgan fingerprint density at radius 1 is 1.05 bits per heavy atom. The molecule has 0 saturated heterocycles. The van der Waals surface area contributed by atoms with Crippen LogP contribution in [0, 0.1) is 0 Å². The van der Waals surface area contributed by atoms with Gasteiger partial charge in [0.15, 0.2) is 4.80 Å². The normalized spacial score (nSPS) is 15.4. The van der Waals surface area contributed by atoms with Crippen molar-refractivity contribution in [2.45, 2.75) is 53.2 Å². The highest BCUT2D eigenvalue weighted by Gasteiger charge is 2.33. The Balaban J connectivity index is 1.82. The molecule has 2 aromatic carbocycles. The monoisotopic (exact) mass is 520 g/mol. The van der Waals surface area contributed by atoms with Crippen LogP contribution in [0.5, 0.6) is 11.5 Å². The van der Waals surface area contributed by atoms with Gasteiger partial charge in [0.25, 0.3) is 5.56 Å². The molecule has 2 heterocycles. The number of thiazole rings is 1. The van der Waals surface area contributed by atoms with Crippen LogP contribution < -0.4 is 24.4 Å². The molecular weight excluding hydrogens is 488 g/mol. The highest BCUT2D eigenvalue weighted by atomic mass is 32.1. The number of rotatable bonds is 9. The molecule has 37 heavy (non-hydrogen) atoms. The van der Waals surface area contributed by atoms with Crippen LogP contribution in [0.15, 0.2) is 69.6 Å². The molecule has 0 spiro atoms. The van der Waals surface area contributed by atoms with Gasteiger partial charge in [0, 0.05) is 0 Å². The fraction of sp³-hybridized carbons (Fsp3) is 0.345. The van der Waals surface area contributed by atoms with E-state index in [9.17, 15) is 9.59 Å². The fourth-order valence-electron chi connectivity index (χ4n) is 4.12. The van der Waals surface area contributed by atoms with Crippen LogP contribution in [0.3, 0.4) is 0 Å². The Morgan fingerprint density at radius 3 is 2.32 bits per heavy atom. The highest BCUT2D eigenvalue weighted by molar-refractivity contribution is 7.07. The van der Waals surface area contributed by atoms with Gasteiger partial charge in [0.05, 0.1) is 41.2 Å². The number of fused-ring (bicyclic) bond motifs is 1. The number of nitrogens with zero attached hydrogens (tertiary/aromatic N) is 2. The van der Waals surface area contributed by atoms with E-state index >= 15 is 0 Å². The summed E-state index contributed by atoms with van der Waals surface area (Å²) in [6.07, 6.45) is 2.47. The molecule has 0 N–H and O–H groups in total. The summed E-state index contributed by atoms with van der Waals surface area (Å²) < 4.78 is 18.9. The first-order valence-electron chi connectivity index (χ1n) is 12.5. The number of esters is 1. The Kier molecular flexibility index (Phi) is 8.28. The first-order chi connectivity index (χ1) is 17.8. The topological polar surface area (TPSA) is 79.1 Å². The molecule has 4 rings (SSSR count). The standard InChI is InChI=1S/C29H32N2O5S/c1-6-16-35-23-12-8-20(9-13-23)17-24-27(32)31-26(21-10-14-22(15-11-21)34-7-2)25(28(33)36-18(3)4)19(5)30-29(31)37-24/h8-15,17-18,26H,6-7,16H2,1-5H3/b24-17+/t26-/m1/s1. The maximum Gasteiger partial charge on any atom is 0.338 e. The lowest BCUT2D eigenvalue weighted by atomic mass is 9.96. The molecule has 1 aliphatic heterocycles. The molecule has 194 valence electrons. The Morgan fingerprint density at radius 2 is 1.70 bits per heavy atom. The van der Waals surface area contributed by atoms with Gasteiger partial charge in [-0.2, -0.15) is 0 Å². The van der Waals surface area contributed by atoms with Crippen molar-refractivity contribution >= 4 is 23.4 Å². The third-order valence-corrected chi connectivity index (χ3v) is 6.72. The van der Waals surface area contributed by atoms with E-state index in [1.165, 1.54) is 11.3 Å². The van der Waals surface area contributed by atoms with Crippen LogP contribution in [-0.2, 0) is 9.53 Å². The molecule has 1 aliphatic rings. The van der Waals surface area contributed by atoms with E-state index in [1.54, 1.807) is 25.3 Å². The smallest absolute Gasteiger partial charge is 0.338 e. The minimum Gasteiger partial charge on any atom is -0.494 e. The van der Waals surface area contributed by atoms with Crippen LogP contribution in [0.1, 0.15) is 58.2 Å². The number of carbonyl (C=O) groups is 1. The maximum absolute atomic E-state index is 13.7. The SMILES string of the molecule is CCCOc1ccc(/C=c2/sc3n(c2=O)[C@H](c2ccc(OCC)cc2)C(C(=O)OC(C)C)=C(C)N=3)cc1. The lowest BCUT2D eigenvalue weighted by Crippen LogP contribution is -2.40. The van der Waals surface area contributed by atoms with Crippen molar-refractivity contribution in [2.24, 2.45) is 4.99 Å². The molecule has 1 atom stereocenters. The number of allylic oxidation sites excluding steroid dienone is 1. The molecule has 0 saturated carbocycles. The van der Waals surface area contributed by atoms with Gasteiger partial charge in [-0.1, -0.05) is 42.5 Å². The van der Waals surface area contributed by atoms with Crippen molar-refractivity contribution in [3.63, 3.8) is 0 Å². The van der Waals surface area contributed by atoms with Crippen molar-refractivity contribution in [1.29, 1.82) is 0 Å². The predicted octanol–water partition coefficient (Wildman–Crippen LogP) is 4.37. The van der Waals surface area contributed by atoms with Gasteiger partial charge < -0.3 is 14.2 Å². The van der Waals surface area contributed by atoms with E-state index in [4.69, 9.17) is 14.2 Å². The minimum atomic E-state index is -0.662. The zero-order chi connectivity index (χ0) is 26.5. The van der Waals surface area contributed by atoms with E-state index in [-0.39, 0.29) is 11.7 Å². The lowest BCUT2D eigenvalue weighted by molar-refractivity contribution is -0.143. The average molecular weight is 521 g/mol. The average Bonchev–Trinajstić information content (AvgIpc) is 3.17. The van der Waals surface area contributed by atoms with Gasteiger partial charge in [-0.25, -0.2) is 9.79 Å². The Labute approximate surface area is 220 Å². The lowest BCUT2D eigenvalue weighted by Gasteiger charge is -2.25. The second kappa shape index (κ2) is 11.6. The summed E-state index contributed by atoms with van der Waals surface area (Å²) in [6, 6.07) is 14.4. The van der Waals surface area contributed by atoms with E-state index < -0.39 is 12.0 Å². The summed E-state index contributed by atoms with van der Waals surface area (Å²) in [6.45, 7) is 10.6. The quantitative estimate of drug-likeness (QED) is 0.392. The molecule has 7 nitrogen and oxygen atoms in total. The number of benzene rings is 2. The largest absolute Gasteiger partial charge is 0.494 e. The third-order valence-electron chi connectivity index (χ3n) is 5.74. The highest BCUT2D eigenvalue weighted by Crippen LogP contribution is 2.32. The first kappa shape index (κ1) is 26.4. The molecule has 0 unspecified atom stereocenters. The fourth-order valence-corrected chi connectivity index (χ4v) is 5.17. The maximum atomic E-state index is 13.7. The van der Waals surface area contributed by atoms with Crippen LogP contribution in [-0.4, -0.2) is 29.9 Å². The number of aromatic nitrogens is 1.